The standard InChI is InChI=1S/C14H19N3/c1-2-17-14-6-4-3-5-12(14)13(16-17)9-10-7-11(15)8-10/h3-6,10-11H,2,7-9,15H2,1H3. The maximum atomic E-state index is 5.84. The number of aryl methyl sites for hydroxylation is 1. The summed E-state index contributed by atoms with van der Waals surface area (Å²) in [5, 5.41) is 6.05. The Bertz CT molecular complexity index is 523. The van der Waals surface area contributed by atoms with Crippen LogP contribution in [0.1, 0.15) is 25.5 Å². The van der Waals surface area contributed by atoms with Crippen molar-refractivity contribution >= 4 is 10.9 Å². The lowest BCUT2D eigenvalue weighted by Gasteiger charge is -2.31. The highest BCUT2D eigenvalue weighted by molar-refractivity contribution is 5.81. The lowest BCUT2D eigenvalue weighted by Crippen LogP contribution is -2.37. The highest BCUT2D eigenvalue weighted by atomic mass is 15.3. The molecule has 3 heteroatoms. The van der Waals surface area contributed by atoms with E-state index in [2.05, 4.69) is 35.9 Å². The van der Waals surface area contributed by atoms with Gasteiger partial charge in [-0.2, -0.15) is 5.10 Å². The molecule has 0 bridgehead atoms. The second kappa shape index (κ2) is 4.15. The monoisotopic (exact) mass is 229 g/mol. The van der Waals surface area contributed by atoms with E-state index >= 15 is 0 Å². The fourth-order valence-corrected chi connectivity index (χ4v) is 2.82. The highest BCUT2D eigenvalue weighted by Crippen LogP contribution is 2.31. The number of nitrogens with two attached hydrogens (primary N) is 1. The fraction of sp³-hybridized carbons (Fsp3) is 0.500. The molecule has 1 aromatic carbocycles. The van der Waals surface area contributed by atoms with Crippen LogP contribution in [-0.4, -0.2) is 15.8 Å². The van der Waals surface area contributed by atoms with E-state index < -0.39 is 0 Å². The van der Waals surface area contributed by atoms with E-state index in [1.807, 2.05) is 0 Å². The van der Waals surface area contributed by atoms with Crippen LogP contribution in [0.4, 0.5) is 0 Å². The van der Waals surface area contributed by atoms with Gasteiger partial charge >= 0.3 is 0 Å². The van der Waals surface area contributed by atoms with Crippen molar-refractivity contribution in [3.05, 3.63) is 30.0 Å². The van der Waals surface area contributed by atoms with E-state index in [-0.39, 0.29) is 0 Å². The normalized spacial score (nSPS) is 23.9. The predicted molar refractivity (Wildman–Crippen MR) is 69.8 cm³/mol. The molecular formula is C14H19N3. The van der Waals surface area contributed by atoms with Crippen molar-refractivity contribution in [3.63, 3.8) is 0 Å². The Hall–Kier alpha value is -1.35. The predicted octanol–water partition coefficient (Wildman–Crippen LogP) is 2.34. The minimum atomic E-state index is 0.430. The zero-order valence-corrected chi connectivity index (χ0v) is 10.3. The first-order chi connectivity index (χ1) is 8.28. The molecule has 1 aliphatic carbocycles. The molecule has 1 aromatic heterocycles. The summed E-state index contributed by atoms with van der Waals surface area (Å²) in [5.74, 6) is 0.744. The van der Waals surface area contributed by atoms with E-state index in [0.29, 0.717) is 6.04 Å². The lowest BCUT2D eigenvalue weighted by atomic mass is 9.78. The third-order valence-corrected chi connectivity index (χ3v) is 3.79. The Morgan fingerprint density at radius 3 is 2.82 bits per heavy atom. The maximum absolute atomic E-state index is 5.84. The van der Waals surface area contributed by atoms with Crippen LogP contribution < -0.4 is 5.73 Å². The molecule has 0 saturated heterocycles. The first-order valence-electron chi connectivity index (χ1n) is 6.48. The van der Waals surface area contributed by atoms with Gasteiger partial charge < -0.3 is 5.73 Å². The van der Waals surface area contributed by atoms with Crippen LogP contribution in [0.15, 0.2) is 24.3 Å². The molecule has 1 saturated carbocycles. The van der Waals surface area contributed by atoms with Gasteiger partial charge in [0, 0.05) is 18.0 Å². The van der Waals surface area contributed by atoms with E-state index in [1.165, 1.54) is 16.6 Å². The Morgan fingerprint density at radius 2 is 2.12 bits per heavy atom. The molecule has 17 heavy (non-hydrogen) atoms. The van der Waals surface area contributed by atoms with Crippen molar-refractivity contribution in [1.82, 2.24) is 9.78 Å². The van der Waals surface area contributed by atoms with Crippen molar-refractivity contribution in [2.24, 2.45) is 11.7 Å². The van der Waals surface area contributed by atoms with Crippen LogP contribution in [-0.2, 0) is 13.0 Å². The molecule has 2 N–H and O–H groups in total. The van der Waals surface area contributed by atoms with Crippen molar-refractivity contribution < 1.29 is 0 Å². The Morgan fingerprint density at radius 1 is 1.35 bits per heavy atom. The zero-order valence-electron chi connectivity index (χ0n) is 10.3. The zero-order chi connectivity index (χ0) is 11.8. The summed E-state index contributed by atoms with van der Waals surface area (Å²) in [6.07, 6.45) is 3.40. The van der Waals surface area contributed by atoms with Gasteiger partial charge in [0.2, 0.25) is 0 Å². The summed E-state index contributed by atoms with van der Waals surface area (Å²) in [5.41, 5.74) is 8.35. The summed E-state index contributed by atoms with van der Waals surface area (Å²) >= 11 is 0. The summed E-state index contributed by atoms with van der Waals surface area (Å²) in [7, 11) is 0. The molecule has 0 aliphatic heterocycles. The summed E-state index contributed by atoms with van der Waals surface area (Å²) < 4.78 is 2.10. The highest BCUT2D eigenvalue weighted by Gasteiger charge is 2.27. The van der Waals surface area contributed by atoms with Crippen LogP contribution in [0.5, 0.6) is 0 Å². The molecule has 0 radical (unpaired) electrons. The third-order valence-electron chi connectivity index (χ3n) is 3.79. The molecule has 3 nitrogen and oxygen atoms in total. The van der Waals surface area contributed by atoms with Crippen LogP contribution in [0.2, 0.25) is 0 Å². The number of nitrogens with zero attached hydrogens (tertiary/aromatic N) is 2. The molecule has 1 aliphatic rings. The van der Waals surface area contributed by atoms with Crippen LogP contribution in [0, 0.1) is 5.92 Å². The summed E-state index contributed by atoms with van der Waals surface area (Å²) in [6.45, 7) is 3.08. The van der Waals surface area contributed by atoms with Crippen molar-refractivity contribution in [2.45, 2.75) is 38.8 Å². The first-order valence-corrected chi connectivity index (χ1v) is 6.48. The average Bonchev–Trinajstić information content (AvgIpc) is 2.66. The summed E-state index contributed by atoms with van der Waals surface area (Å²) in [6, 6.07) is 8.95. The second-order valence-electron chi connectivity index (χ2n) is 5.08. The molecule has 1 fully saturated rings. The number of hydrogen-bond donors (Lipinski definition) is 1. The number of hydrogen-bond acceptors (Lipinski definition) is 2. The van der Waals surface area contributed by atoms with E-state index in [9.17, 15) is 0 Å². The van der Waals surface area contributed by atoms with Crippen molar-refractivity contribution in [3.8, 4) is 0 Å². The van der Waals surface area contributed by atoms with E-state index in [0.717, 1.165) is 31.7 Å². The number of aromatic nitrogens is 2. The van der Waals surface area contributed by atoms with E-state index in [4.69, 9.17) is 10.8 Å². The minimum Gasteiger partial charge on any atom is -0.328 e. The average molecular weight is 229 g/mol. The van der Waals surface area contributed by atoms with Gasteiger partial charge in [-0.1, -0.05) is 18.2 Å². The van der Waals surface area contributed by atoms with Gasteiger partial charge in [0.1, 0.15) is 0 Å². The van der Waals surface area contributed by atoms with Gasteiger partial charge in [-0.25, -0.2) is 0 Å². The number of fused-ring (bicyclic) bond motifs is 1. The van der Waals surface area contributed by atoms with Gasteiger partial charge in [0.05, 0.1) is 11.2 Å². The molecule has 0 spiro atoms. The molecule has 1 heterocycles. The third kappa shape index (κ3) is 1.84. The smallest absolute Gasteiger partial charge is 0.0706 e. The molecule has 0 unspecified atom stereocenters. The Balaban J connectivity index is 1.93. The van der Waals surface area contributed by atoms with Gasteiger partial charge in [0.15, 0.2) is 0 Å². The fourth-order valence-electron chi connectivity index (χ4n) is 2.82. The van der Waals surface area contributed by atoms with Crippen LogP contribution in [0.3, 0.4) is 0 Å². The molecule has 0 atom stereocenters. The molecule has 90 valence electrons. The molecule has 0 amide bonds. The van der Waals surface area contributed by atoms with Gasteiger partial charge in [0.25, 0.3) is 0 Å². The quantitative estimate of drug-likeness (QED) is 0.878. The molecule has 2 aromatic rings. The molecular weight excluding hydrogens is 210 g/mol. The van der Waals surface area contributed by atoms with Crippen LogP contribution in [0.25, 0.3) is 10.9 Å². The summed E-state index contributed by atoms with van der Waals surface area (Å²) in [4.78, 5) is 0. The largest absolute Gasteiger partial charge is 0.328 e. The van der Waals surface area contributed by atoms with Crippen molar-refractivity contribution in [2.75, 3.05) is 0 Å². The number of rotatable bonds is 3. The SMILES string of the molecule is CCn1nc(CC2CC(N)C2)c2ccccc21. The Kier molecular flexibility index (Phi) is 2.63. The van der Waals surface area contributed by atoms with Crippen molar-refractivity contribution in [1.29, 1.82) is 0 Å². The van der Waals surface area contributed by atoms with Gasteiger partial charge in [-0.05, 0) is 38.2 Å². The number of benzene rings is 1. The number of para-hydroxylation sites is 1. The lowest BCUT2D eigenvalue weighted by molar-refractivity contribution is 0.262. The van der Waals surface area contributed by atoms with Crippen LogP contribution >= 0.6 is 0 Å². The van der Waals surface area contributed by atoms with E-state index in [1.54, 1.807) is 0 Å². The second-order valence-corrected chi connectivity index (χ2v) is 5.08. The van der Waals surface area contributed by atoms with Gasteiger partial charge in [-0.15, -0.1) is 0 Å². The topological polar surface area (TPSA) is 43.8 Å². The first kappa shape index (κ1) is 10.8. The maximum Gasteiger partial charge on any atom is 0.0706 e. The Labute approximate surface area is 102 Å². The minimum absolute atomic E-state index is 0.430. The molecule has 3 rings (SSSR count). The van der Waals surface area contributed by atoms with Gasteiger partial charge in [-0.3, -0.25) is 4.68 Å².